The van der Waals surface area contributed by atoms with Gasteiger partial charge < -0.3 is 16.8 Å². The van der Waals surface area contributed by atoms with Crippen LogP contribution in [0.5, 0.6) is 0 Å². The molecule has 0 aliphatic carbocycles. The summed E-state index contributed by atoms with van der Waals surface area (Å²) in [6, 6.07) is 0. The standard InChI is InChI=1S/C10H16N6O2S3/c1-19-8(4-16(17)18)13-2-3-20-5-7-6-21-10(14-7)15-9(11)12/h4,6,13H,2-3,5H2,1H3,(H4,11,12,14,15)/b8-4+. The number of nitrogens with zero attached hydrogens (tertiary/aromatic N) is 3. The minimum Gasteiger partial charge on any atom is -0.374 e. The van der Waals surface area contributed by atoms with E-state index in [0.717, 1.165) is 23.4 Å². The van der Waals surface area contributed by atoms with Crippen molar-refractivity contribution in [2.24, 2.45) is 16.5 Å². The van der Waals surface area contributed by atoms with Gasteiger partial charge in [-0.1, -0.05) is 0 Å². The molecule has 8 nitrogen and oxygen atoms in total. The number of hydrogen-bond donors (Lipinski definition) is 3. The smallest absolute Gasteiger partial charge is 0.263 e. The Kier molecular flexibility index (Phi) is 7.93. The van der Waals surface area contributed by atoms with Gasteiger partial charge in [0, 0.05) is 23.4 Å². The van der Waals surface area contributed by atoms with E-state index >= 15 is 0 Å². The molecule has 0 unspecified atom stereocenters. The molecule has 0 aliphatic rings. The van der Waals surface area contributed by atoms with Crippen molar-refractivity contribution < 1.29 is 4.92 Å². The van der Waals surface area contributed by atoms with Gasteiger partial charge in [-0.15, -0.1) is 23.1 Å². The van der Waals surface area contributed by atoms with Gasteiger partial charge in [0.2, 0.25) is 5.13 Å². The van der Waals surface area contributed by atoms with Crippen molar-refractivity contribution in [2.45, 2.75) is 5.75 Å². The van der Waals surface area contributed by atoms with Crippen LogP contribution in [-0.4, -0.2) is 34.4 Å². The van der Waals surface area contributed by atoms with Crippen molar-refractivity contribution in [3.63, 3.8) is 0 Å². The van der Waals surface area contributed by atoms with Crippen LogP contribution in [-0.2, 0) is 5.75 Å². The van der Waals surface area contributed by atoms with Gasteiger partial charge in [-0.25, -0.2) is 4.98 Å². The Balaban J connectivity index is 2.27. The van der Waals surface area contributed by atoms with Gasteiger partial charge in [0.15, 0.2) is 5.96 Å². The number of aliphatic imine (C=N–C) groups is 1. The molecule has 1 rings (SSSR count). The third-order valence-corrected chi connectivity index (χ3v) is 4.47. The normalized spacial score (nSPS) is 11.2. The quantitative estimate of drug-likeness (QED) is 0.200. The highest BCUT2D eigenvalue weighted by Crippen LogP contribution is 2.21. The SMILES string of the molecule is CS/C(=C/[N+](=O)[O-])NCCSCc1csc(N=C(N)N)n1. The Morgan fingerprint density at radius 2 is 2.43 bits per heavy atom. The van der Waals surface area contributed by atoms with Gasteiger partial charge in [0.05, 0.1) is 10.6 Å². The maximum atomic E-state index is 10.4. The summed E-state index contributed by atoms with van der Waals surface area (Å²) in [6.07, 6.45) is 2.76. The van der Waals surface area contributed by atoms with Crippen molar-refractivity contribution in [2.75, 3.05) is 18.6 Å². The Labute approximate surface area is 134 Å². The van der Waals surface area contributed by atoms with Crippen molar-refractivity contribution in [3.05, 3.63) is 32.4 Å². The van der Waals surface area contributed by atoms with E-state index in [4.69, 9.17) is 11.5 Å². The van der Waals surface area contributed by atoms with E-state index in [2.05, 4.69) is 15.3 Å². The number of hydrogen-bond acceptors (Lipinski definition) is 8. The van der Waals surface area contributed by atoms with E-state index < -0.39 is 4.92 Å². The van der Waals surface area contributed by atoms with Crippen LogP contribution < -0.4 is 16.8 Å². The number of nitrogens with one attached hydrogen (secondary N) is 1. The second-order valence-corrected chi connectivity index (χ2v) is 6.41. The molecule has 0 bridgehead atoms. The van der Waals surface area contributed by atoms with Crippen LogP contribution in [0.3, 0.4) is 0 Å². The van der Waals surface area contributed by atoms with Crippen molar-refractivity contribution in [3.8, 4) is 0 Å². The second kappa shape index (κ2) is 9.47. The summed E-state index contributed by atoms with van der Waals surface area (Å²) in [6.45, 7) is 0.649. The zero-order valence-electron chi connectivity index (χ0n) is 11.3. The fourth-order valence-corrected chi connectivity index (χ4v) is 3.21. The molecule has 1 aromatic heterocycles. The molecule has 116 valence electrons. The highest BCUT2D eigenvalue weighted by molar-refractivity contribution is 8.02. The number of rotatable bonds is 9. The van der Waals surface area contributed by atoms with Crippen molar-refractivity contribution in [1.29, 1.82) is 0 Å². The number of thioether (sulfide) groups is 2. The van der Waals surface area contributed by atoms with Crippen LogP contribution in [0.2, 0.25) is 0 Å². The Morgan fingerprint density at radius 3 is 3.05 bits per heavy atom. The van der Waals surface area contributed by atoms with Gasteiger partial charge in [-0.3, -0.25) is 10.1 Å². The molecular formula is C10H16N6O2S3. The first-order chi connectivity index (χ1) is 10.0. The summed E-state index contributed by atoms with van der Waals surface area (Å²) in [5, 5.41) is 16.4. The summed E-state index contributed by atoms with van der Waals surface area (Å²) in [5.41, 5.74) is 11.5. The average Bonchev–Trinajstić information content (AvgIpc) is 2.83. The lowest BCUT2D eigenvalue weighted by molar-refractivity contribution is -0.403. The van der Waals surface area contributed by atoms with Gasteiger partial charge in [0.1, 0.15) is 5.03 Å². The van der Waals surface area contributed by atoms with Crippen LogP contribution in [0.4, 0.5) is 5.13 Å². The largest absolute Gasteiger partial charge is 0.374 e. The van der Waals surface area contributed by atoms with Crippen LogP contribution in [0.25, 0.3) is 0 Å². The van der Waals surface area contributed by atoms with Crippen molar-refractivity contribution >= 4 is 46.0 Å². The Hall–Kier alpha value is -1.46. The summed E-state index contributed by atoms with van der Waals surface area (Å²) < 4.78 is 0. The number of guanidine groups is 1. The summed E-state index contributed by atoms with van der Waals surface area (Å²) in [7, 11) is 0. The van der Waals surface area contributed by atoms with Gasteiger partial charge in [-0.2, -0.15) is 16.8 Å². The maximum Gasteiger partial charge on any atom is 0.263 e. The Morgan fingerprint density at radius 1 is 1.67 bits per heavy atom. The summed E-state index contributed by atoms with van der Waals surface area (Å²) >= 11 is 4.37. The molecule has 0 amide bonds. The zero-order chi connectivity index (χ0) is 15.7. The molecule has 0 fully saturated rings. The molecule has 5 N–H and O–H groups in total. The highest BCUT2D eigenvalue weighted by Gasteiger charge is 2.03. The van der Waals surface area contributed by atoms with Crippen LogP contribution in [0.15, 0.2) is 21.6 Å². The topological polar surface area (TPSA) is 132 Å². The predicted octanol–water partition coefficient (Wildman–Crippen LogP) is 1.31. The third kappa shape index (κ3) is 7.78. The zero-order valence-corrected chi connectivity index (χ0v) is 13.8. The van der Waals surface area contributed by atoms with E-state index in [1.165, 1.54) is 23.1 Å². The van der Waals surface area contributed by atoms with Crippen LogP contribution >= 0.6 is 34.9 Å². The fraction of sp³-hybridized carbons (Fsp3) is 0.400. The molecule has 21 heavy (non-hydrogen) atoms. The van der Waals surface area contributed by atoms with Crippen LogP contribution in [0, 0.1) is 10.1 Å². The van der Waals surface area contributed by atoms with E-state index in [9.17, 15) is 10.1 Å². The molecule has 0 atom stereocenters. The molecule has 0 spiro atoms. The monoisotopic (exact) mass is 348 g/mol. The fourth-order valence-electron chi connectivity index (χ4n) is 1.21. The minimum absolute atomic E-state index is 0.00470. The van der Waals surface area contributed by atoms with E-state index in [1.54, 1.807) is 18.0 Å². The lowest BCUT2D eigenvalue weighted by Gasteiger charge is -2.05. The molecule has 1 heterocycles. The van der Waals surface area contributed by atoms with Gasteiger partial charge in [0.25, 0.3) is 6.20 Å². The molecule has 0 saturated carbocycles. The summed E-state index contributed by atoms with van der Waals surface area (Å²) in [4.78, 5) is 18.0. The first-order valence-electron chi connectivity index (χ1n) is 5.76. The third-order valence-electron chi connectivity index (χ3n) is 2.00. The molecule has 0 aromatic carbocycles. The lowest BCUT2D eigenvalue weighted by Crippen LogP contribution is -2.21. The molecule has 0 aliphatic heterocycles. The molecular weight excluding hydrogens is 332 g/mol. The number of thiazole rings is 1. The lowest BCUT2D eigenvalue weighted by atomic mass is 10.6. The Bertz CT molecular complexity index is 527. The van der Waals surface area contributed by atoms with E-state index in [0.29, 0.717) is 16.7 Å². The highest BCUT2D eigenvalue weighted by atomic mass is 32.2. The molecule has 11 heteroatoms. The van der Waals surface area contributed by atoms with Crippen molar-refractivity contribution in [1.82, 2.24) is 10.3 Å². The first kappa shape index (κ1) is 17.6. The average molecular weight is 348 g/mol. The molecule has 0 saturated heterocycles. The predicted molar refractivity (Wildman–Crippen MR) is 90.3 cm³/mol. The summed E-state index contributed by atoms with van der Waals surface area (Å²) in [5.74, 6) is 1.55. The maximum absolute atomic E-state index is 10.4. The number of nitro groups is 1. The molecule has 1 aromatic rings. The number of nitrogens with two attached hydrogens (primary N) is 2. The van der Waals surface area contributed by atoms with Gasteiger partial charge >= 0.3 is 0 Å². The first-order valence-corrected chi connectivity index (χ1v) is 9.02. The molecule has 0 radical (unpaired) electrons. The minimum atomic E-state index is -0.466. The van der Waals surface area contributed by atoms with Crippen LogP contribution in [0.1, 0.15) is 5.69 Å². The van der Waals surface area contributed by atoms with E-state index in [1.807, 2.05) is 5.38 Å². The second-order valence-electron chi connectivity index (χ2n) is 3.62. The van der Waals surface area contributed by atoms with E-state index in [-0.39, 0.29) is 5.96 Å². The number of aromatic nitrogens is 1. The van der Waals surface area contributed by atoms with Gasteiger partial charge in [-0.05, 0) is 6.26 Å².